The fourth-order valence-corrected chi connectivity index (χ4v) is 6.51. The molecular formula is C26H23ClN4O4S. The average molecular weight is 523 g/mol. The Morgan fingerprint density at radius 1 is 0.972 bits per heavy atom. The van der Waals surface area contributed by atoms with Crippen molar-refractivity contribution in [1.29, 1.82) is 0 Å². The molecule has 0 bridgehead atoms. The molecule has 1 fully saturated rings. The van der Waals surface area contributed by atoms with Gasteiger partial charge in [0.25, 0.3) is 0 Å². The molecule has 4 aromatic rings. The van der Waals surface area contributed by atoms with Gasteiger partial charge in [-0.3, -0.25) is 4.79 Å². The second-order valence-electron chi connectivity index (χ2n) is 8.70. The van der Waals surface area contributed by atoms with Crippen molar-refractivity contribution in [2.45, 2.75) is 29.3 Å². The molecule has 1 N–H and O–H groups in total. The number of carbonyl (C=O) groups is 1. The number of carboxylic acids is 1. The second-order valence-corrected chi connectivity index (χ2v) is 11.0. The summed E-state index contributed by atoms with van der Waals surface area (Å²) in [7, 11) is -4.16. The van der Waals surface area contributed by atoms with Gasteiger partial charge in [-0.05, 0) is 47.4 Å². The Kier molecular flexibility index (Phi) is 6.38. The zero-order chi connectivity index (χ0) is 25.3. The van der Waals surface area contributed by atoms with Crippen LogP contribution in [-0.2, 0) is 21.4 Å². The van der Waals surface area contributed by atoms with E-state index in [-0.39, 0.29) is 24.4 Å². The summed E-state index contributed by atoms with van der Waals surface area (Å²) in [6, 6.07) is 22.9. The normalized spacial score (nSPS) is 19.3. The standard InChI is InChI=1S/C26H23ClN4O4S/c27-22-10-6-19(7-11-22)20-8-12-23(13-9-20)36(34,35)31(15-14-30-17-28-29-18-30)26(25(32)33)16-24(26)21-4-2-1-3-5-21/h1-13,17-18,24H,14-16H2,(H,32,33)/t24-,26+/m0/s1. The van der Waals surface area contributed by atoms with E-state index in [0.29, 0.717) is 5.02 Å². The predicted octanol–water partition coefficient (Wildman–Crippen LogP) is 4.30. The van der Waals surface area contributed by atoms with Gasteiger partial charge < -0.3 is 9.67 Å². The van der Waals surface area contributed by atoms with Crippen molar-refractivity contribution in [3.63, 3.8) is 0 Å². The van der Waals surface area contributed by atoms with Crippen LogP contribution in [0, 0.1) is 0 Å². The molecule has 0 saturated heterocycles. The molecule has 0 unspecified atom stereocenters. The van der Waals surface area contributed by atoms with Crippen LogP contribution in [0.25, 0.3) is 11.1 Å². The van der Waals surface area contributed by atoms with Gasteiger partial charge in [0.1, 0.15) is 18.2 Å². The van der Waals surface area contributed by atoms with Gasteiger partial charge >= 0.3 is 5.97 Å². The molecule has 1 aromatic heterocycles. The first-order valence-electron chi connectivity index (χ1n) is 11.3. The number of hydrogen-bond acceptors (Lipinski definition) is 5. The fourth-order valence-electron chi connectivity index (χ4n) is 4.62. The first-order valence-corrected chi connectivity index (χ1v) is 13.1. The van der Waals surface area contributed by atoms with Crippen molar-refractivity contribution in [1.82, 2.24) is 19.1 Å². The van der Waals surface area contributed by atoms with Gasteiger partial charge in [-0.2, -0.15) is 4.31 Å². The highest BCUT2D eigenvalue weighted by molar-refractivity contribution is 7.89. The number of aliphatic carboxylic acids is 1. The summed E-state index contributed by atoms with van der Waals surface area (Å²) in [6.07, 6.45) is 3.14. The fraction of sp³-hybridized carbons (Fsp3) is 0.192. The maximum atomic E-state index is 14.0. The smallest absolute Gasteiger partial charge is 0.325 e. The molecule has 2 atom stereocenters. The van der Waals surface area contributed by atoms with Crippen LogP contribution >= 0.6 is 11.6 Å². The van der Waals surface area contributed by atoms with Gasteiger partial charge in [0.05, 0.1) is 4.90 Å². The quantitative estimate of drug-likeness (QED) is 0.351. The van der Waals surface area contributed by atoms with E-state index in [1.165, 1.54) is 24.8 Å². The summed E-state index contributed by atoms with van der Waals surface area (Å²) in [5, 5.41) is 18.5. The number of rotatable bonds is 9. The highest BCUT2D eigenvalue weighted by Crippen LogP contribution is 2.57. The van der Waals surface area contributed by atoms with Crippen LogP contribution in [0.3, 0.4) is 0 Å². The summed E-state index contributed by atoms with van der Waals surface area (Å²) in [5.74, 6) is -1.62. The summed E-state index contributed by atoms with van der Waals surface area (Å²) in [5.41, 5.74) is 0.926. The number of benzene rings is 3. The maximum Gasteiger partial charge on any atom is 0.325 e. The zero-order valence-electron chi connectivity index (χ0n) is 19.1. The lowest BCUT2D eigenvalue weighted by atomic mass is 10.1. The summed E-state index contributed by atoms with van der Waals surface area (Å²) in [6.45, 7) is 0.167. The van der Waals surface area contributed by atoms with Gasteiger partial charge in [0.15, 0.2) is 0 Å². The number of nitrogens with zero attached hydrogens (tertiary/aromatic N) is 4. The minimum atomic E-state index is -4.16. The van der Waals surface area contributed by atoms with Gasteiger partial charge in [-0.15, -0.1) is 10.2 Å². The molecule has 0 spiro atoms. The molecule has 184 valence electrons. The minimum Gasteiger partial charge on any atom is -0.480 e. The Balaban J connectivity index is 1.52. The third-order valence-corrected chi connectivity index (χ3v) is 8.81. The third kappa shape index (κ3) is 4.41. The summed E-state index contributed by atoms with van der Waals surface area (Å²) >= 11 is 5.97. The van der Waals surface area contributed by atoms with Crippen LogP contribution in [0.2, 0.25) is 5.02 Å². The van der Waals surface area contributed by atoms with E-state index >= 15 is 0 Å². The lowest BCUT2D eigenvalue weighted by molar-refractivity contribution is -0.143. The van der Waals surface area contributed by atoms with Crippen molar-refractivity contribution in [2.24, 2.45) is 0 Å². The van der Waals surface area contributed by atoms with Gasteiger partial charge in [-0.25, -0.2) is 8.42 Å². The Labute approximate surface area is 213 Å². The van der Waals surface area contributed by atoms with E-state index < -0.39 is 27.4 Å². The average Bonchev–Trinajstić information content (AvgIpc) is 3.42. The summed E-state index contributed by atoms with van der Waals surface area (Å²) < 4.78 is 30.7. The zero-order valence-corrected chi connectivity index (χ0v) is 20.7. The molecule has 1 aliphatic rings. The van der Waals surface area contributed by atoms with E-state index in [9.17, 15) is 18.3 Å². The van der Waals surface area contributed by atoms with Crippen LogP contribution in [0.15, 0.2) is 96.4 Å². The van der Waals surface area contributed by atoms with Crippen LogP contribution in [0.4, 0.5) is 0 Å². The molecule has 1 heterocycles. The van der Waals surface area contributed by atoms with Crippen LogP contribution < -0.4 is 0 Å². The molecule has 8 nitrogen and oxygen atoms in total. The topological polar surface area (TPSA) is 105 Å². The van der Waals surface area contributed by atoms with Crippen LogP contribution in [0.5, 0.6) is 0 Å². The monoisotopic (exact) mass is 522 g/mol. The molecule has 0 amide bonds. The largest absolute Gasteiger partial charge is 0.480 e. The van der Waals surface area contributed by atoms with E-state index in [1.807, 2.05) is 42.5 Å². The Morgan fingerprint density at radius 2 is 1.56 bits per heavy atom. The molecule has 36 heavy (non-hydrogen) atoms. The number of sulfonamides is 1. The lowest BCUT2D eigenvalue weighted by Gasteiger charge is -2.29. The van der Waals surface area contributed by atoms with Crippen molar-refractivity contribution >= 4 is 27.6 Å². The molecule has 0 aliphatic heterocycles. The van der Waals surface area contributed by atoms with Crippen molar-refractivity contribution in [3.05, 3.63) is 102 Å². The van der Waals surface area contributed by atoms with E-state index in [4.69, 9.17) is 11.6 Å². The maximum absolute atomic E-state index is 14.0. The molecule has 10 heteroatoms. The lowest BCUT2D eigenvalue weighted by Crippen LogP contribution is -2.49. The number of hydrogen-bond donors (Lipinski definition) is 1. The summed E-state index contributed by atoms with van der Waals surface area (Å²) in [4.78, 5) is 12.7. The molecule has 5 rings (SSSR count). The molecule has 1 aliphatic carbocycles. The number of halogens is 1. The second kappa shape index (κ2) is 9.50. The Hall–Kier alpha value is -3.53. The predicted molar refractivity (Wildman–Crippen MR) is 135 cm³/mol. The van der Waals surface area contributed by atoms with Crippen molar-refractivity contribution in [3.8, 4) is 11.1 Å². The van der Waals surface area contributed by atoms with Crippen molar-refractivity contribution in [2.75, 3.05) is 6.54 Å². The van der Waals surface area contributed by atoms with E-state index in [1.54, 1.807) is 28.8 Å². The highest BCUT2D eigenvalue weighted by Gasteiger charge is 2.67. The molecule has 3 aromatic carbocycles. The molecule has 0 radical (unpaired) electrons. The van der Waals surface area contributed by atoms with Crippen LogP contribution in [-0.4, -0.2) is 50.6 Å². The minimum absolute atomic E-state index is 0.0308. The van der Waals surface area contributed by atoms with Crippen molar-refractivity contribution < 1.29 is 18.3 Å². The van der Waals surface area contributed by atoms with E-state index in [2.05, 4.69) is 10.2 Å². The molecular weight excluding hydrogens is 500 g/mol. The highest BCUT2D eigenvalue weighted by atomic mass is 35.5. The van der Waals surface area contributed by atoms with Gasteiger partial charge in [0, 0.05) is 24.0 Å². The Bertz CT molecular complexity index is 1460. The van der Waals surface area contributed by atoms with Crippen LogP contribution in [0.1, 0.15) is 17.9 Å². The van der Waals surface area contributed by atoms with E-state index in [0.717, 1.165) is 21.0 Å². The first kappa shape index (κ1) is 24.2. The van der Waals surface area contributed by atoms with Gasteiger partial charge in [-0.1, -0.05) is 66.2 Å². The SMILES string of the molecule is O=C(O)[C@@]1(N(CCn2cnnc2)S(=O)(=O)c2ccc(-c3ccc(Cl)cc3)cc2)C[C@H]1c1ccccc1. The van der Waals surface area contributed by atoms with Gasteiger partial charge in [0.2, 0.25) is 10.0 Å². The first-order chi connectivity index (χ1) is 17.3. The number of aromatic nitrogens is 3. The number of carboxylic acid groups (broad SMARTS) is 1. The molecule has 1 saturated carbocycles. The third-order valence-electron chi connectivity index (χ3n) is 6.60. The Morgan fingerprint density at radius 3 is 2.14 bits per heavy atom.